The van der Waals surface area contributed by atoms with Crippen molar-refractivity contribution in [3.63, 3.8) is 0 Å². The molecule has 82 valence electrons. The largest absolute Gasteiger partial charge is 0.469 e. The van der Waals surface area contributed by atoms with E-state index in [0.29, 0.717) is 0 Å². The lowest BCUT2D eigenvalue weighted by Gasteiger charge is -2.25. The van der Waals surface area contributed by atoms with Gasteiger partial charge in [-0.15, -0.1) is 0 Å². The predicted molar refractivity (Wildman–Crippen MR) is 40.4 cm³/mol. The van der Waals surface area contributed by atoms with Crippen LogP contribution in [0.2, 0.25) is 0 Å². The topological polar surface area (TPSA) is 46.5 Å². The zero-order valence-electron chi connectivity index (χ0n) is 7.60. The van der Waals surface area contributed by atoms with Gasteiger partial charge in [-0.1, -0.05) is 0 Å². The number of rotatable bonds is 1. The molecule has 3 nitrogen and oxygen atoms in total. The van der Waals surface area contributed by atoms with Gasteiger partial charge >= 0.3 is 12.1 Å². The van der Waals surface area contributed by atoms with Crippen LogP contribution in [0.25, 0.3) is 0 Å². The summed E-state index contributed by atoms with van der Waals surface area (Å²) in [7, 11) is 1.12. The molecule has 0 bridgehead atoms. The van der Waals surface area contributed by atoms with E-state index in [4.69, 9.17) is 0 Å². The Morgan fingerprint density at radius 1 is 1.57 bits per heavy atom. The van der Waals surface area contributed by atoms with E-state index < -0.39 is 36.5 Å². The molecule has 1 aliphatic rings. The molecule has 0 radical (unpaired) electrons. The zero-order valence-corrected chi connectivity index (χ0v) is 7.60. The molecule has 1 rings (SSSR count). The first kappa shape index (κ1) is 11.3. The number of carbonyl (C=O) groups excluding carboxylic acids is 1. The summed E-state index contributed by atoms with van der Waals surface area (Å²) in [6.45, 7) is 0. The Hall–Kier alpha value is -0.780. The Morgan fingerprint density at radius 3 is 2.50 bits per heavy atom. The van der Waals surface area contributed by atoms with Gasteiger partial charge in [0.05, 0.1) is 13.0 Å². The van der Waals surface area contributed by atoms with Crippen molar-refractivity contribution in [1.29, 1.82) is 0 Å². The normalized spacial score (nSPS) is 33.1. The van der Waals surface area contributed by atoms with Crippen molar-refractivity contribution < 1.29 is 27.8 Å². The molecule has 0 amide bonds. The van der Waals surface area contributed by atoms with Gasteiger partial charge < -0.3 is 9.84 Å². The quantitative estimate of drug-likeness (QED) is 0.665. The molecule has 2 unspecified atom stereocenters. The number of alkyl halides is 3. The number of hydrogen-bond acceptors (Lipinski definition) is 3. The second kappa shape index (κ2) is 3.42. The summed E-state index contributed by atoms with van der Waals surface area (Å²) in [6, 6.07) is 0. The molecule has 0 aliphatic heterocycles. The highest BCUT2D eigenvalue weighted by Gasteiger charge is 2.58. The van der Waals surface area contributed by atoms with E-state index in [9.17, 15) is 23.1 Å². The summed E-state index contributed by atoms with van der Waals surface area (Å²) >= 11 is 0. The van der Waals surface area contributed by atoms with E-state index in [1.165, 1.54) is 0 Å². The minimum atomic E-state index is -4.67. The van der Waals surface area contributed by atoms with Crippen molar-refractivity contribution in [2.24, 2.45) is 5.92 Å². The second-order valence-electron chi connectivity index (χ2n) is 3.49. The van der Waals surface area contributed by atoms with E-state index in [1.807, 2.05) is 0 Å². The van der Waals surface area contributed by atoms with E-state index in [0.717, 1.165) is 7.11 Å². The van der Waals surface area contributed by atoms with E-state index in [1.54, 1.807) is 0 Å². The highest BCUT2D eigenvalue weighted by atomic mass is 19.4. The highest BCUT2D eigenvalue weighted by molar-refractivity contribution is 5.72. The van der Waals surface area contributed by atoms with Gasteiger partial charge in [-0.25, -0.2) is 0 Å². The fraction of sp³-hybridized carbons (Fsp3) is 0.875. The third kappa shape index (κ3) is 1.84. The molecule has 0 heterocycles. The Balaban J connectivity index is 2.69. The molecule has 0 spiro atoms. The molecule has 0 aromatic heterocycles. The smallest absolute Gasteiger partial charge is 0.417 e. The molecule has 14 heavy (non-hydrogen) atoms. The summed E-state index contributed by atoms with van der Waals surface area (Å²) in [5.41, 5.74) is -2.72. The summed E-state index contributed by atoms with van der Waals surface area (Å²) in [6.07, 6.45) is -5.68. The molecule has 0 aromatic carbocycles. The number of carbonyl (C=O) groups is 1. The van der Waals surface area contributed by atoms with Crippen LogP contribution in [0, 0.1) is 5.92 Å². The molecule has 2 atom stereocenters. The Labute approximate surface area is 78.9 Å². The number of aliphatic hydroxyl groups is 1. The van der Waals surface area contributed by atoms with Gasteiger partial charge in [0.2, 0.25) is 0 Å². The van der Waals surface area contributed by atoms with Crippen LogP contribution in [0.3, 0.4) is 0 Å². The molecular formula is C8H11F3O3. The first-order valence-corrected chi connectivity index (χ1v) is 4.17. The molecule has 1 N–H and O–H groups in total. The molecular weight excluding hydrogens is 201 g/mol. The van der Waals surface area contributed by atoms with E-state index >= 15 is 0 Å². The fourth-order valence-electron chi connectivity index (χ4n) is 1.65. The number of halogens is 3. The number of hydrogen-bond donors (Lipinski definition) is 1. The van der Waals surface area contributed by atoms with Crippen molar-refractivity contribution in [1.82, 2.24) is 0 Å². The van der Waals surface area contributed by atoms with Crippen molar-refractivity contribution >= 4 is 5.97 Å². The van der Waals surface area contributed by atoms with E-state index in [2.05, 4.69) is 4.74 Å². The maximum Gasteiger partial charge on any atom is 0.417 e. The third-order valence-electron chi connectivity index (χ3n) is 2.55. The number of esters is 1. The minimum Gasteiger partial charge on any atom is -0.469 e. The monoisotopic (exact) mass is 212 g/mol. The maximum absolute atomic E-state index is 12.3. The van der Waals surface area contributed by atoms with Crippen molar-refractivity contribution in [3.8, 4) is 0 Å². The standard InChI is InChI=1S/C8H11F3O3/c1-14-6(12)5-2-3-7(13,4-5)8(9,10)11/h5,13H,2-4H2,1H3. The van der Waals surface area contributed by atoms with Crippen LogP contribution in [0.1, 0.15) is 19.3 Å². The van der Waals surface area contributed by atoms with Crippen LogP contribution in [0.15, 0.2) is 0 Å². The molecule has 0 aromatic rings. The third-order valence-corrected chi connectivity index (χ3v) is 2.55. The summed E-state index contributed by atoms with van der Waals surface area (Å²) in [5, 5.41) is 9.21. The zero-order chi connectivity index (χ0) is 11.0. The van der Waals surface area contributed by atoms with Gasteiger partial charge in [0, 0.05) is 0 Å². The Bertz CT molecular complexity index is 238. The van der Waals surface area contributed by atoms with Crippen LogP contribution in [-0.2, 0) is 9.53 Å². The van der Waals surface area contributed by atoms with Gasteiger partial charge in [0.25, 0.3) is 0 Å². The highest BCUT2D eigenvalue weighted by Crippen LogP contribution is 2.45. The van der Waals surface area contributed by atoms with Crippen molar-refractivity contribution in [3.05, 3.63) is 0 Å². The van der Waals surface area contributed by atoms with Crippen LogP contribution in [-0.4, -0.2) is 30.0 Å². The molecule has 6 heteroatoms. The number of ether oxygens (including phenoxy) is 1. The average molecular weight is 212 g/mol. The van der Waals surface area contributed by atoms with Gasteiger partial charge in [-0.05, 0) is 19.3 Å². The minimum absolute atomic E-state index is 0.0166. The molecule has 1 fully saturated rings. The maximum atomic E-state index is 12.3. The van der Waals surface area contributed by atoms with Crippen LogP contribution < -0.4 is 0 Å². The molecule has 1 saturated carbocycles. The lowest BCUT2D eigenvalue weighted by atomic mass is 10.00. The summed E-state index contributed by atoms with van der Waals surface area (Å²) in [4.78, 5) is 10.9. The van der Waals surface area contributed by atoms with Crippen LogP contribution in [0.4, 0.5) is 13.2 Å². The average Bonchev–Trinajstić information content (AvgIpc) is 2.47. The second-order valence-corrected chi connectivity index (χ2v) is 3.49. The lowest BCUT2D eigenvalue weighted by molar-refractivity contribution is -0.258. The van der Waals surface area contributed by atoms with Gasteiger partial charge in [-0.2, -0.15) is 13.2 Å². The predicted octanol–water partition coefficient (Wildman–Crippen LogP) is 1.25. The Morgan fingerprint density at radius 2 is 2.14 bits per heavy atom. The summed E-state index contributed by atoms with van der Waals surface area (Å²) < 4.78 is 41.2. The first-order chi connectivity index (χ1) is 6.30. The van der Waals surface area contributed by atoms with Crippen LogP contribution >= 0.6 is 0 Å². The van der Waals surface area contributed by atoms with Gasteiger partial charge in [0.1, 0.15) is 0 Å². The molecule has 0 saturated heterocycles. The van der Waals surface area contributed by atoms with E-state index in [-0.39, 0.29) is 6.42 Å². The fourth-order valence-corrected chi connectivity index (χ4v) is 1.65. The van der Waals surface area contributed by atoms with Gasteiger partial charge in [-0.3, -0.25) is 4.79 Å². The molecule has 1 aliphatic carbocycles. The lowest BCUT2D eigenvalue weighted by Crippen LogP contribution is -2.43. The van der Waals surface area contributed by atoms with Gasteiger partial charge in [0.15, 0.2) is 5.60 Å². The van der Waals surface area contributed by atoms with Crippen molar-refractivity contribution in [2.75, 3.05) is 7.11 Å². The SMILES string of the molecule is COC(=O)C1CCC(O)(C(F)(F)F)C1. The van der Waals surface area contributed by atoms with Crippen molar-refractivity contribution in [2.45, 2.75) is 31.0 Å². The number of methoxy groups -OCH3 is 1. The first-order valence-electron chi connectivity index (χ1n) is 4.17. The van der Waals surface area contributed by atoms with Crippen LogP contribution in [0.5, 0.6) is 0 Å². The summed E-state index contributed by atoms with van der Waals surface area (Å²) in [5.74, 6) is -1.53. The Kier molecular flexibility index (Phi) is 2.76.